The topological polar surface area (TPSA) is 40.6 Å². The van der Waals surface area contributed by atoms with Crippen LogP contribution < -0.4 is 0 Å². The Morgan fingerprint density at radius 3 is 2.44 bits per heavy atom. The third kappa shape index (κ3) is 2.61. The number of hydrogen-bond donors (Lipinski definition) is 0. The van der Waals surface area contributed by atoms with Gasteiger partial charge in [-0.2, -0.15) is 0 Å². The van der Waals surface area contributed by atoms with Gasteiger partial charge in [0.1, 0.15) is 0 Å². The van der Waals surface area contributed by atoms with Crippen molar-refractivity contribution in [3.63, 3.8) is 0 Å². The summed E-state index contributed by atoms with van der Waals surface area (Å²) in [5.74, 6) is 0.274. The lowest BCUT2D eigenvalue weighted by Crippen LogP contribution is -2.33. The van der Waals surface area contributed by atoms with Gasteiger partial charge in [-0.1, -0.05) is 0 Å². The molecule has 16 heavy (non-hydrogen) atoms. The monoisotopic (exact) mass is 224 g/mol. The van der Waals surface area contributed by atoms with Crippen LogP contribution in [-0.4, -0.2) is 54.7 Å². The molecule has 0 aromatic carbocycles. The molecule has 0 atom stereocenters. The van der Waals surface area contributed by atoms with E-state index in [-0.39, 0.29) is 11.7 Å². The molecule has 4 nitrogen and oxygen atoms in total. The minimum absolute atomic E-state index is 0.205. The van der Waals surface area contributed by atoms with Crippen molar-refractivity contribution in [3.05, 3.63) is 0 Å². The molecular weight excluding hydrogens is 204 g/mol. The van der Waals surface area contributed by atoms with E-state index in [1.165, 1.54) is 12.8 Å². The normalized spacial score (nSPS) is 24.4. The van der Waals surface area contributed by atoms with Gasteiger partial charge in [0, 0.05) is 19.5 Å². The van der Waals surface area contributed by atoms with Crippen molar-refractivity contribution in [2.45, 2.75) is 25.7 Å². The lowest BCUT2D eigenvalue weighted by atomic mass is 9.94. The summed E-state index contributed by atoms with van der Waals surface area (Å²) >= 11 is 0. The number of amides is 1. The zero-order valence-corrected chi connectivity index (χ0v) is 9.95. The molecule has 2 aliphatic rings. The summed E-state index contributed by atoms with van der Waals surface area (Å²) in [5.41, 5.74) is 0. The number of likely N-dealkylation sites (tertiary alicyclic amines) is 2. The minimum Gasteiger partial charge on any atom is -0.336 e. The molecule has 0 aromatic rings. The second-order valence-corrected chi connectivity index (χ2v) is 5.00. The predicted octanol–water partition coefficient (Wildman–Crippen LogP) is 0.520. The van der Waals surface area contributed by atoms with Gasteiger partial charge in [-0.15, -0.1) is 0 Å². The molecule has 2 rings (SSSR count). The van der Waals surface area contributed by atoms with Crippen molar-refractivity contribution < 1.29 is 9.59 Å². The van der Waals surface area contributed by atoms with Crippen LogP contribution >= 0.6 is 0 Å². The van der Waals surface area contributed by atoms with E-state index in [0.29, 0.717) is 13.0 Å². The first-order chi connectivity index (χ1) is 7.66. The van der Waals surface area contributed by atoms with Crippen LogP contribution in [0.5, 0.6) is 0 Å². The Kier molecular flexibility index (Phi) is 3.59. The van der Waals surface area contributed by atoms with Crippen molar-refractivity contribution >= 4 is 11.7 Å². The average Bonchev–Trinajstić information content (AvgIpc) is 2.60. The molecule has 0 aliphatic carbocycles. The number of Topliss-reactive ketones (excluding diaryl/α,β-unsaturated/α-hetero) is 1. The van der Waals surface area contributed by atoms with Gasteiger partial charge in [0.15, 0.2) is 0 Å². The van der Waals surface area contributed by atoms with Crippen molar-refractivity contribution in [1.82, 2.24) is 9.80 Å². The highest BCUT2D eigenvalue weighted by Crippen LogP contribution is 2.20. The summed E-state index contributed by atoms with van der Waals surface area (Å²) in [6, 6.07) is 0. The van der Waals surface area contributed by atoms with Gasteiger partial charge in [0.2, 0.25) is 5.78 Å². The molecule has 90 valence electrons. The molecule has 2 aliphatic heterocycles. The summed E-state index contributed by atoms with van der Waals surface area (Å²) in [7, 11) is 2.15. The molecule has 2 fully saturated rings. The molecule has 0 unspecified atom stereocenters. The maximum Gasteiger partial charge on any atom is 0.290 e. The van der Waals surface area contributed by atoms with Gasteiger partial charge < -0.3 is 9.80 Å². The number of carbonyl (C=O) groups is 2. The largest absolute Gasteiger partial charge is 0.336 e. The fraction of sp³-hybridized carbons (Fsp3) is 0.833. The van der Waals surface area contributed by atoms with Crippen LogP contribution in [0.3, 0.4) is 0 Å². The second-order valence-electron chi connectivity index (χ2n) is 5.00. The molecule has 0 N–H and O–H groups in total. The van der Waals surface area contributed by atoms with E-state index in [1.807, 2.05) is 0 Å². The molecule has 0 saturated carbocycles. The summed E-state index contributed by atoms with van der Waals surface area (Å²) in [4.78, 5) is 26.6. The first kappa shape index (κ1) is 11.6. The van der Waals surface area contributed by atoms with Crippen LogP contribution in [0.25, 0.3) is 0 Å². The fourth-order valence-electron chi connectivity index (χ4n) is 2.52. The fourth-order valence-corrected chi connectivity index (χ4v) is 2.52. The van der Waals surface area contributed by atoms with Crippen molar-refractivity contribution in [1.29, 1.82) is 0 Å². The Balaban J connectivity index is 1.72. The standard InChI is InChI=1S/C12H20N2O2/c1-13-6-2-10(3-7-13)4-8-14-9-5-11(15)12(14)16/h10H,2-9H2,1H3. The van der Waals surface area contributed by atoms with Crippen molar-refractivity contribution in [2.75, 3.05) is 33.2 Å². The Hall–Kier alpha value is -0.900. The number of ketones is 1. The van der Waals surface area contributed by atoms with Gasteiger partial charge in [-0.05, 0) is 45.3 Å². The third-order valence-electron chi connectivity index (χ3n) is 3.78. The highest BCUT2D eigenvalue weighted by Gasteiger charge is 2.29. The van der Waals surface area contributed by atoms with E-state index in [4.69, 9.17) is 0 Å². The first-order valence-corrected chi connectivity index (χ1v) is 6.17. The molecule has 0 spiro atoms. The van der Waals surface area contributed by atoms with E-state index in [9.17, 15) is 9.59 Å². The van der Waals surface area contributed by atoms with E-state index >= 15 is 0 Å². The summed E-state index contributed by atoms with van der Waals surface area (Å²) in [6.07, 6.45) is 3.94. The SMILES string of the molecule is CN1CCC(CCN2CCC(=O)C2=O)CC1. The van der Waals surface area contributed by atoms with Crippen LogP contribution in [0.4, 0.5) is 0 Å². The smallest absolute Gasteiger partial charge is 0.290 e. The highest BCUT2D eigenvalue weighted by molar-refractivity contribution is 6.37. The van der Waals surface area contributed by atoms with Crippen LogP contribution in [0, 0.1) is 5.92 Å². The quantitative estimate of drug-likeness (QED) is 0.656. The molecular formula is C12H20N2O2. The molecule has 4 heteroatoms. The van der Waals surface area contributed by atoms with Gasteiger partial charge in [0.05, 0.1) is 0 Å². The van der Waals surface area contributed by atoms with E-state index in [2.05, 4.69) is 11.9 Å². The molecule has 0 bridgehead atoms. The minimum atomic E-state index is -0.257. The van der Waals surface area contributed by atoms with Crippen molar-refractivity contribution in [2.24, 2.45) is 5.92 Å². The molecule has 0 aromatic heterocycles. The lowest BCUT2D eigenvalue weighted by Gasteiger charge is -2.29. The van der Waals surface area contributed by atoms with Crippen LogP contribution in [-0.2, 0) is 9.59 Å². The molecule has 2 saturated heterocycles. The Morgan fingerprint density at radius 2 is 1.88 bits per heavy atom. The lowest BCUT2D eigenvalue weighted by molar-refractivity contribution is -0.140. The number of hydrogen-bond acceptors (Lipinski definition) is 3. The number of carbonyl (C=O) groups excluding carboxylic acids is 2. The average molecular weight is 224 g/mol. The van der Waals surface area contributed by atoms with Crippen LogP contribution in [0.2, 0.25) is 0 Å². The number of nitrogens with zero attached hydrogens (tertiary/aromatic N) is 2. The van der Waals surface area contributed by atoms with Gasteiger partial charge in [-0.3, -0.25) is 9.59 Å². The van der Waals surface area contributed by atoms with E-state index in [1.54, 1.807) is 4.90 Å². The summed E-state index contributed by atoms with van der Waals surface area (Å²) in [6.45, 7) is 3.75. The van der Waals surface area contributed by atoms with Gasteiger partial charge in [0.25, 0.3) is 5.91 Å². The van der Waals surface area contributed by atoms with E-state index < -0.39 is 0 Å². The predicted molar refractivity (Wildman–Crippen MR) is 61.0 cm³/mol. The van der Waals surface area contributed by atoms with Crippen molar-refractivity contribution in [3.8, 4) is 0 Å². The zero-order chi connectivity index (χ0) is 11.5. The Morgan fingerprint density at radius 1 is 1.19 bits per heavy atom. The summed E-state index contributed by atoms with van der Waals surface area (Å²) < 4.78 is 0. The van der Waals surface area contributed by atoms with Crippen LogP contribution in [0.1, 0.15) is 25.7 Å². The second kappa shape index (κ2) is 4.95. The first-order valence-electron chi connectivity index (χ1n) is 6.17. The Labute approximate surface area is 96.6 Å². The zero-order valence-electron chi connectivity index (χ0n) is 9.95. The summed E-state index contributed by atoms with van der Waals surface area (Å²) in [5, 5.41) is 0. The molecule has 1 amide bonds. The number of piperidine rings is 1. The van der Waals surface area contributed by atoms with E-state index in [0.717, 1.165) is 32.0 Å². The molecule has 0 radical (unpaired) electrons. The maximum absolute atomic E-state index is 11.4. The Bertz CT molecular complexity index is 283. The maximum atomic E-state index is 11.4. The van der Waals surface area contributed by atoms with Gasteiger partial charge in [-0.25, -0.2) is 0 Å². The highest BCUT2D eigenvalue weighted by atomic mass is 16.2. The van der Waals surface area contributed by atoms with Gasteiger partial charge >= 0.3 is 0 Å². The van der Waals surface area contributed by atoms with Crippen LogP contribution in [0.15, 0.2) is 0 Å². The molecule has 2 heterocycles. The third-order valence-corrected chi connectivity index (χ3v) is 3.78. The number of rotatable bonds is 3.